The van der Waals surface area contributed by atoms with E-state index in [-0.39, 0.29) is 0 Å². The lowest BCUT2D eigenvalue weighted by molar-refractivity contribution is 0.403. The van der Waals surface area contributed by atoms with Crippen molar-refractivity contribution in [1.82, 2.24) is 9.88 Å². The summed E-state index contributed by atoms with van der Waals surface area (Å²) >= 11 is 0. The highest BCUT2D eigenvalue weighted by Crippen LogP contribution is 2.21. The van der Waals surface area contributed by atoms with Crippen molar-refractivity contribution in [3.05, 3.63) is 24.0 Å². The number of hydrogen-bond donors (Lipinski definition) is 1. The summed E-state index contributed by atoms with van der Waals surface area (Å²) < 4.78 is 2.36. The van der Waals surface area contributed by atoms with Crippen LogP contribution >= 0.6 is 0 Å². The lowest BCUT2D eigenvalue weighted by Crippen LogP contribution is -2.32. The fourth-order valence-electron chi connectivity index (χ4n) is 1.95. The zero-order chi connectivity index (χ0) is 8.39. The molecule has 0 saturated heterocycles. The molecule has 1 aromatic heterocycles. The summed E-state index contributed by atoms with van der Waals surface area (Å²) in [5.74, 6) is 0. The molecule has 1 unspecified atom stereocenters. The molecule has 0 bridgehead atoms. The molecule has 0 aliphatic carbocycles. The monoisotopic (exact) mass is 164 g/mol. The van der Waals surface area contributed by atoms with Gasteiger partial charge in [0, 0.05) is 31.0 Å². The molecule has 0 spiro atoms. The normalized spacial score (nSPS) is 22.2. The first-order valence-corrected chi connectivity index (χ1v) is 4.80. The van der Waals surface area contributed by atoms with Crippen LogP contribution in [0.5, 0.6) is 0 Å². The highest BCUT2D eigenvalue weighted by atomic mass is 15.1. The van der Waals surface area contributed by atoms with Crippen LogP contribution in [0.1, 0.15) is 31.5 Å². The molecule has 1 atom stereocenters. The molecule has 0 radical (unpaired) electrons. The van der Waals surface area contributed by atoms with Crippen LogP contribution in [0.4, 0.5) is 0 Å². The first kappa shape index (κ1) is 7.87. The second-order valence-corrected chi connectivity index (χ2v) is 3.42. The van der Waals surface area contributed by atoms with E-state index in [1.54, 1.807) is 0 Å². The standard InChI is InChI=1S/C10H16N2/c1-2-4-9-10-5-3-7-12(10)8-6-11-9/h3,5,7,9,11H,2,4,6,8H2,1H3. The van der Waals surface area contributed by atoms with Gasteiger partial charge in [0.15, 0.2) is 0 Å². The summed E-state index contributed by atoms with van der Waals surface area (Å²) in [4.78, 5) is 0. The minimum absolute atomic E-state index is 0.596. The third-order valence-corrected chi connectivity index (χ3v) is 2.54. The minimum Gasteiger partial charge on any atom is -0.349 e. The van der Waals surface area contributed by atoms with E-state index in [0.29, 0.717) is 6.04 Å². The van der Waals surface area contributed by atoms with Gasteiger partial charge in [-0.05, 0) is 18.6 Å². The van der Waals surface area contributed by atoms with Gasteiger partial charge >= 0.3 is 0 Å². The van der Waals surface area contributed by atoms with Crippen molar-refractivity contribution in [3.63, 3.8) is 0 Å². The van der Waals surface area contributed by atoms with Crippen molar-refractivity contribution >= 4 is 0 Å². The van der Waals surface area contributed by atoms with E-state index in [4.69, 9.17) is 0 Å². The van der Waals surface area contributed by atoms with Crippen LogP contribution in [0.2, 0.25) is 0 Å². The minimum atomic E-state index is 0.596. The van der Waals surface area contributed by atoms with Crippen molar-refractivity contribution in [3.8, 4) is 0 Å². The number of aromatic nitrogens is 1. The zero-order valence-corrected chi connectivity index (χ0v) is 7.59. The third kappa shape index (κ3) is 1.27. The van der Waals surface area contributed by atoms with Crippen molar-refractivity contribution < 1.29 is 0 Å². The van der Waals surface area contributed by atoms with E-state index in [1.807, 2.05) is 0 Å². The molecule has 2 heterocycles. The first-order chi connectivity index (χ1) is 5.92. The summed E-state index contributed by atoms with van der Waals surface area (Å²) in [6, 6.07) is 4.97. The van der Waals surface area contributed by atoms with Crippen LogP contribution in [0.3, 0.4) is 0 Å². The van der Waals surface area contributed by atoms with Gasteiger partial charge in [-0.15, -0.1) is 0 Å². The number of nitrogens with zero attached hydrogens (tertiary/aromatic N) is 1. The van der Waals surface area contributed by atoms with Crippen molar-refractivity contribution in [2.24, 2.45) is 0 Å². The Kier molecular flexibility index (Phi) is 2.17. The number of hydrogen-bond acceptors (Lipinski definition) is 1. The van der Waals surface area contributed by atoms with E-state index < -0.39 is 0 Å². The van der Waals surface area contributed by atoms with Gasteiger partial charge in [-0.2, -0.15) is 0 Å². The molecular formula is C10H16N2. The Hall–Kier alpha value is -0.760. The van der Waals surface area contributed by atoms with Crippen molar-refractivity contribution in [2.45, 2.75) is 32.4 Å². The maximum absolute atomic E-state index is 3.54. The lowest BCUT2D eigenvalue weighted by Gasteiger charge is -2.25. The Bertz CT molecular complexity index is 252. The maximum atomic E-state index is 3.54. The van der Waals surface area contributed by atoms with Gasteiger partial charge in [-0.3, -0.25) is 0 Å². The number of fused-ring (bicyclic) bond motifs is 1. The maximum Gasteiger partial charge on any atom is 0.0475 e. The zero-order valence-electron chi connectivity index (χ0n) is 7.59. The molecule has 2 nitrogen and oxygen atoms in total. The Labute approximate surface area is 73.6 Å². The summed E-state index contributed by atoms with van der Waals surface area (Å²) in [5.41, 5.74) is 1.46. The number of nitrogens with one attached hydrogen (secondary N) is 1. The molecule has 0 fully saturated rings. The summed E-state index contributed by atoms with van der Waals surface area (Å²) in [6.07, 6.45) is 4.69. The SMILES string of the molecule is CCCC1NCCn2cccc21. The van der Waals surface area contributed by atoms with Gasteiger partial charge in [0.05, 0.1) is 0 Å². The molecule has 0 aromatic carbocycles. The van der Waals surface area contributed by atoms with Crippen LogP contribution in [0, 0.1) is 0 Å². The molecule has 0 amide bonds. The van der Waals surface area contributed by atoms with Crippen LogP contribution in [-0.2, 0) is 6.54 Å². The van der Waals surface area contributed by atoms with E-state index in [1.165, 1.54) is 18.5 Å². The van der Waals surface area contributed by atoms with Crippen LogP contribution in [-0.4, -0.2) is 11.1 Å². The van der Waals surface area contributed by atoms with Gasteiger partial charge in [-0.1, -0.05) is 13.3 Å². The molecule has 1 aromatic rings. The van der Waals surface area contributed by atoms with E-state index in [0.717, 1.165) is 13.1 Å². The molecule has 1 aliphatic heterocycles. The highest BCUT2D eigenvalue weighted by molar-refractivity contribution is 5.13. The van der Waals surface area contributed by atoms with Gasteiger partial charge in [0.2, 0.25) is 0 Å². The Morgan fingerprint density at radius 1 is 1.67 bits per heavy atom. The number of rotatable bonds is 2. The first-order valence-electron chi connectivity index (χ1n) is 4.80. The Morgan fingerprint density at radius 2 is 2.58 bits per heavy atom. The summed E-state index contributed by atoms with van der Waals surface area (Å²) in [7, 11) is 0. The molecule has 1 N–H and O–H groups in total. The summed E-state index contributed by atoms with van der Waals surface area (Å²) in [5, 5.41) is 3.54. The predicted molar refractivity (Wildman–Crippen MR) is 50.1 cm³/mol. The van der Waals surface area contributed by atoms with Gasteiger partial charge in [0.25, 0.3) is 0 Å². The topological polar surface area (TPSA) is 17.0 Å². The predicted octanol–water partition coefficient (Wildman–Crippen LogP) is 1.93. The quantitative estimate of drug-likeness (QED) is 0.706. The largest absolute Gasteiger partial charge is 0.349 e. The van der Waals surface area contributed by atoms with Crippen LogP contribution < -0.4 is 5.32 Å². The van der Waals surface area contributed by atoms with E-state index >= 15 is 0 Å². The summed E-state index contributed by atoms with van der Waals surface area (Å²) in [6.45, 7) is 4.48. The average molecular weight is 164 g/mol. The second-order valence-electron chi connectivity index (χ2n) is 3.42. The van der Waals surface area contributed by atoms with Gasteiger partial charge in [-0.25, -0.2) is 0 Å². The molecule has 66 valence electrons. The van der Waals surface area contributed by atoms with E-state index in [2.05, 4.69) is 35.1 Å². The molecule has 2 rings (SSSR count). The molecular weight excluding hydrogens is 148 g/mol. The Morgan fingerprint density at radius 3 is 3.42 bits per heavy atom. The molecule has 12 heavy (non-hydrogen) atoms. The van der Waals surface area contributed by atoms with E-state index in [9.17, 15) is 0 Å². The van der Waals surface area contributed by atoms with Crippen molar-refractivity contribution in [1.29, 1.82) is 0 Å². The smallest absolute Gasteiger partial charge is 0.0475 e. The molecule has 1 aliphatic rings. The second kappa shape index (κ2) is 3.31. The highest BCUT2D eigenvalue weighted by Gasteiger charge is 2.17. The Balaban J connectivity index is 2.19. The van der Waals surface area contributed by atoms with Gasteiger partial charge < -0.3 is 9.88 Å². The third-order valence-electron chi connectivity index (χ3n) is 2.54. The average Bonchev–Trinajstić information content (AvgIpc) is 2.53. The fraction of sp³-hybridized carbons (Fsp3) is 0.600. The molecule has 0 saturated carbocycles. The fourth-order valence-corrected chi connectivity index (χ4v) is 1.95. The van der Waals surface area contributed by atoms with Crippen LogP contribution in [0.15, 0.2) is 18.3 Å². The van der Waals surface area contributed by atoms with Crippen LogP contribution in [0.25, 0.3) is 0 Å². The van der Waals surface area contributed by atoms with Gasteiger partial charge in [0.1, 0.15) is 0 Å². The molecule has 2 heteroatoms. The van der Waals surface area contributed by atoms with Crippen molar-refractivity contribution in [2.75, 3.05) is 6.54 Å². The lowest BCUT2D eigenvalue weighted by atomic mass is 10.1.